The van der Waals surface area contributed by atoms with Crippen molar-refractivity contribution in [3.8, 4) is 0 Å². The Morgan fingerprint density at radius 3 is 1.92 bits per heavy atom. The molecule has 124 valence electrons. The van der Waals surface area contributed by atoms with Crippen LogP contribution in [0.25, 0.3) is 0 Å². The zero-order chi connectivity index (χ0) is 16.4. The summed E-state index contributed by atoms with van der Waals surface area (Å²) in [7, 11) is -0.126. The standard InChI is InChI=1S/C24H23P/c1-2-10-21(9-1)25-15-19-7-3-5-17-11-13-24(22(17)19)14-12-18-6-4-8-20(16-25)23(18)24/h1,3-10H,2,11-16H2. The Morgan fingerprint density at radius 1 is 0.760 bits per heavy atom. The second-order valence-electron chi connectivity index (χ2n) is 8.11. The zero-order valence-electron chi connectivity index (χ0n) is 14.6. The molecule has 2 aromatic carbocycles. The molecule has 1 heterocycles. The van der Waals surface area contributed by atoms with Gasteiger partial charge < -0.3 is 0 Å². The van der Waals surface area contributed by atoms with Crippen molar-refractivity contribution >= 4 is 7.92 Å². The Hall–Kier alpha value is -1.65. The first-order chi connectivity index (χ1) is 12.4. The van der Waals surface area contributed by atoms with E-state index in [-0.39, 0.29) is 7.92 Å². The zero-order valence-corrected chi connectivity index (χ0v) is 15.5. The highest BCUT2D eigenvalue weighted by Crippen LogP contribution is 2.62. The fourth-order valence-electron chi connectivity index (χ4n) is 5.99. The summed E-state index contributed by atoms with van der Waals surface area (Å²) in [6, 6.07) is 14.4. The van der Waals surface area contributed by atoms with Gasteiger partial charge in [0.05, 0.1) is 0 Å². The molecule has 6 rings (SSSR count). The van der Waals surface area contributed by atoms with Gasteiger partial charge in [0.2, 0.25) is 0 Å². The van der Waals surface area contributed by atoms with E-state index in [0.717, 1.165) is 6.42 Å². The molecular weight excluding hydrogens is 319 g/mol. The van der Waals surface area contributed by atoms with E-state index in [9.17, 15) is 0 Å². The number of aryl methyl sites for hydroxylation is 2. The third-order valence-corrected chi connectivity index (χ3v) is 9.42. The van der Waals surface area contributed by atoms with Crippen molar-refractivity contribution in [3.05, 3.63) is 93.3 Å². The molecule has 0 bridgehead atoms. The third-order valence-electron chi connectivity index (χ3n) is 6.91. The molecular formula is C24H23P. The van der Waals surface area contributed by atoms with E-state index in [1.165, 1.54) is 38.0 Å². The van der Waals surface area contributed by atoms with Gasteiger partial charge in [-0.05, 0) is 83.1 Å². The quantitative estimate of drug-likeness (QED) is 0.541. The van der Waals surface area contributed by atoms with E-state index in [1.54, 1.807) is 38.7 Å². The van der Waals surface area contributed by atoms with Crippen molar-refractivity contribution < 1.29 is 0 Å². The first kappa shape index (κ1) is 14.5. The van der Waals surface area contributed by atoms with Gasteiger partial charge in [0.15, 0.2) is 0 Å². The van der Waals surface area contributed by atoms with Crippen LogP contribution in [0.5, 0.6) is 0 Å². The third kappa shape index (κ3) is 1.92. The first-order valence-electron chi connectivity index (χ1n) is 9.69. The molecule has 25 heavy (non-hydrogen) atoms. The van der Waals surface area contributed by atoms with Crippen LogP contribution in [0.15, 0.2) is 59.9 Å². The maximum Gasteiger partial charge on any atom is 0.0220 e. The number of allylic oxidation sites excluding steroid dienone is 4. The average molecular weight is 342 g/mol. The molecule has 0 atom stereocenters. The second-order valence-corrected chi connectivity index (χ2v) is 10.3. The van der Waals surface area contributed by atoms with Crippen LogP contribution in [0, 0.1) is 0 Å². The summed E-state index contributed by atoms with van der Waals surface area (Å²) >= 11 is 0. The van der Waals surface area contributed by atoms with Crippen molar-refractivity contribution in [3.63, 3.8) is 0 Å². The van der Waals surface area contributed by atoms with Crippen molar-refractivity contribution in [2.75, 3.05) is 0 Å². The summed E-state index contributed by atoms with van der Waals surface area (Å²) < 4.78 is 0. The number of benzene rings is 2. The Kier molecular flexibility index (Phi) is 3.01. The molecule has 1 heteroatoms. The Morgan fingerprint density at radius 2 is 1.36 bits per heavy atom. The van der Waals surface area contributed by atoms with E-state index in [2.05, 4.69) is 54.6 Å². The molecule has 0 N–H and O–H groups in total. The molecule has 0 aromatic heterocycles. The Balaban J connectivity index is 1.64. The van der Waals surface area contributed by atoms with Crippen LogP contribution in [0.4, 0.5) is 0 Å². The van der Waals surface area contributed by atoms with E-state index >= 15 is 0 Å². The molecule has 0 saturated heterocycles. The van der Waals surface area contributed by atoms with Gasteiger partial charge in [0.1, 0.15) is 0 Å². The van der Waals surface area contributed by atoms with Gasteiger partial charge in [0, 0.05) is 5.41 Å². The lowest BCUT2D eigenvalue weighted by Gasteiger charge is -2.35. The van der Waals surface area contributed by atoms with Gasteiger partial charge in [-0.1, -0.05) is 62.5 Å². The highest BCUT2D eigenvalue weighted by atomic mass is 31.1. The molecule has 1 spiro atoms. The number of hydrogen-bond acceptors (Lipinski definition) is 0. The summed E-state index contributed by atoms with van der Waals surface area (Å²) in [6.45, 7) is 0. The van der Waals surface area contributed by atoms with E-state index < -0.39 is 0 Å². The second kappa shape index (κ2) is 5.18. The van der Waals surface area contributed by atoms with E-state index in [4.69, 9.17) is 0 Å². The molecule has 3 aliphatic carbocycles. The molecule has 0 nitrogen and oxygen atoms in total. The van der Waals surface area contributed by atoms with Crippen molar-refractivity contribution in [1.82, 2.24) is 0 Å². The summed E-state index contributed by atoms with van der Waals surface area (Å²) in [6.07, 6.45) is 16.1. The van der Waals surface area contributed by atoms with Gasteiger partial charge in [-0.15, -0.1) is 0 Å². The smallest absolute Gasteiger partial charge is 0.0220 e. The Bertz CT molecular complexity index is 883. The van der Waals surface area contributed by atoms with Crippen LogP contribution in [-0.4, -0.2) is 0 Å². The van der Waals surface area contributed by atoms with Gasteiger partial charge in [-0.2, -0.15) is 0 Å². The van der Waals surface area contributed by atoms with Gasteiger partial charge >= 0.3 is 0 Å². The van der Waals surface area contributed by atoms with Crippen LogP contribution in [0.2, 0.25) is 0 Å². The molecule has 0 unspecified atom stereocenters. The summed E-state index contributed by atoms with van der Waals surface area (Å²) in [4.78, 5) is 0. The fraction of sp³-hybridized carbons (Fsp3) is 0.333. The predicted molar refractivity (Wildman–Crippen MR) is 106 cm³/mol. The van der Waals surface area contributed by atoms with Crippen LogP contribution < -0.4 is 0 Å². The van der Waals surface area contributed by atoms with Crippen LogP contribution in [0.3, 0.4) is 0 Å². The molecule has 0 radical (unpaired) electrons. The van der Waals surface area contributed by atoms with Gasteiger partial charge in [-0.3, -0.25) is 0 Å². The average Bonchev–Trinajstić information content (AvgIpc) is 3.35. The molecule has 1 aliphatic heterocycles. The van der Waals surface area contributed by atoms with Crippen LogP contribution >= 0.6 is 7.92 Å². The molecule has 0 amide bonds. The first-order valence-corrected chi connectivity index (χ1v) is 11.4. The SMILES string of the molecule is C1=CC(P2Cc3cccc4c3C3(CC4)CCc4cccc(c43)C2)=CC1. The summed E-state index contributed by atoms with van der Waals surface area (Å²) in [5.74, 6) is 0. The minimum atomic E-state index is -0.126. The topological polar surface area (TPSA) is 0 Å². The van der Waals surface area contributed by atoms with Crippen molar-refractivity contribution in [1.29, 1.82) is 0 Å². The summed E-state index contributed by atoms with van der Waals surface area (Å²) in [5.41, 5.74) is 10.5. The van der Waals surface area contributed by atoms with Crippen LogP contribution in [-0.2, 0) is 30.6 Å². The monoisotopic (exact) mass is 342 g/mol. The molecule has 0 saturated carbocycles. The highest BCUT2D eigenvalue weighted by molar-refractivity contribution is 7.60. The highest BCUT2D eigenvalue weighted by Gasteiger charge is 2.48. The summed E-state index contributed by atoms with van der Waals surface area (Å²) in [5, 5.41) is 1.63. The Labute approximate surface area is 151 Å². The lowest BCUT2D eigenvalue weighted by molar-refractivity contribution is 0.501. The van der Waals surface area contributed by atoms with Crippen LogP contribution in [0.1, 0.15) is 52.6 Å². The molecule has 4 aliphatic rings. The number of rotatable bonds is 1. The number of hydrogen-bond donors (Lipinski definition) is 0. The lowest BCUT2D eigenvalue weighted by Crippen LogP contribution is -2.25. The van der Waals surface area contributed by atoms with Crippen molar-refractivity contribution in [2.24, 2.45) is 0 Å². The van der Waals surface area contributed by atoms with E-state index in [1.807, 2.05) is 0 Å². The minimum Gasteiger partial charge on any atom is -0.0801 e. The van der Waals surface area contributed by atoms with Crippen molar-refractivity contribution in [2.45, 2.75) is 49.8 Å². The van der Waals surface area contributed by atoms with Gasteiger partial charge in [0.25, 0.3) is 0 Å². The lowest BCUT2D eigenvalue weighted by atomic mass is 9.73. The normalized spacial score (nSPS) is 22.3. The predicted octanol–water partition coefficient (Wildman–Crippen LogP) is 6.20. The molecule has 0 fully saturated rings. The fourth-order valence-corrected chi connectivity index (χ4v) is 8.50. The maximum atomic E-state index is 2.48. The maximum absolute atomic E-state index is 2.48. The molecule has 2 aromatic rings. The largest absolute Gasteiger partial charge is 0.0801 e. The van der Waals surface area contributed by atoms with Gasteiger partial charge in [-0.25, -0.2) is 0 Å². The minimum absolute atomic E-state index is 0.126. The van der Waals surface area contributed by atoms with E-state index in [0.29, 0.717) is 5.41 Å².